The standard InChI is InChI=1S/C14H18N4O3/c1-18-12(19)7-6-11(14(18)20)16-8-9-4-2-3-5-10(9)13(15)17-21/h2-5,11,16,21H,6-8H2,1H3,(H2,15,17). The van der Waals surface area contributed by atoms with Crippen molar-refractivity contribution in [3.05, 3.63) is 35.4 Å². The van der Waals surface area contributed by atoms with Gasteiger partial charge in [0.15, 0.2) is 5.84 Å². The van der Waals surface area contributed by atoms with Gasteiger partial charge in [-0.2, -0.15) is 0 Å². The summed E-state index contributed by atoms with van der Waals surface area (Å²) in [5, 5.41) is 14.9. The van der Waals surface area contributed by atoms with Gasteiger partial charge in [-0.25, -0.2) is 0 Å². The number of rotatable bonds is 4. The number of nitrogens with one attached hydrogen (secondary N) is 1. The van der Waals surface area contributed by atoms with Gasteiger partial charge in [0.2, 0.25) is 11.8 Å². The Kier molecular flexibility index (Phi) is 4.54. The molecule has 7 nitrogen and oxygen atoms in total. The first-order valence-corrected chi connectivity index (χ1v) is 6.64. The van der Waals surface area contributed by atoms with Crippen molar-refractivity contribution in [1.29, 1.82) is 0 Å². The summed E-state index contributed by atoms with van der Waals surface area (Å²) < 4.78 is 0. The normalized spacial score (nSPS) is 20.0. The number of nitrogens with two attached hydrogens (primary N) is 1. The smallest absolute Gasteiger partial charge is 0.246 e. The van der Waals surface area contributed by atoms with Crippen LogP contribution in [0.15, 0.2) is 29.4 Å². The average molecular weight is 290 g/mol. The van der Waals surface area contributed by atoms with Crippen LogP contribution in [0, 0.1) is 0 Å². The Hall–Kier alpha value is -2.41. The van der Waals surface area contributed by atoms with Crippen molar-refractivity contribution in [2.45, 2.75) is 25.4 Å². The van der Waals surface area contributed by atoms with E-state index in [4.69, 9.17) is 10.9 Å². The molecule has 0 spiro atoms. The number of nitrogens with zero attached hydrogens (tertiary/aromatic N) is 2. The lowest BCUT2D eigenvalue weighted by molar-refractivity contribution is -0.148. The quantitative estimate of drug-likeness (QED) is 0.238. The summed E-state index contributed by atoms with van der Waals surface area (Å²) in [5.41, 5.74) is 7.05. The molecule has 1 aliphatic heterocycles. The van der Waals surface area contributed by atoms with Crippen molar-refractivity contribution in [3.63, 3.8) is 0 Å². The number of oxime groups is 1. The molecular formula is C14H18N4O3. The summed E-state index contributed by atoms with van der Waals surface area (Å²) in [5.74, 6) is -0.364. The van der Waals surface area contributed by atoms with E-state index in [9.17, 15) is 9.59 Å². The van der Waals surface area contributed by atoms with Crippen LogP contribution in [0.4, 0.5) is 0 Å². The van der Waals surface area contributed by atoms with Gasteiger partial charge >= 0.3 is 0 Å². The van der Waals surface area contributed by atoms with Gasteiger partial charge in [-0.1, -0.05) is 29.4 Å². The SMILES string of the molecule is CN1C(=O)CCC(NCc2ccccc2C(N)=NO)C1=O. The Morgan fingerprint density at radius 3 is 2.90 bits per heavy atom. The first kappa shape index (κ1) is 15.0. The van der Waals surface area contributed by atoms with Crippen LogP contribution in [0.5, 0.6) is 0 Å². The van der Waals surface area contributed by atoms with Crippen molar-refractivity contribution in [2.75, 3.05) is 7.05 Å². The number of hydrogen-bond donors (Lipinski definition) is 3. The highest BCUT2D eigenvalue weighted by atomic mass is 16.4. The minimum Gasteiger partial charge on any atom is -0.409 e. The molecule has 0 saturated carbocycles. The first-order chi connectivity index (χ1) is 10.0. The molecule has 1 saturated heterocycles. The van der Waals surface area contributed by atoms with E-state index >= 15 is 0 Å². The van der Waals surface area contributed by atoms with Crippen LogP contribution in [0.1, 0.15) is 24.0 Å². The minimum atomic E-state index is -0.395. The Morgan fingerprint density at radius 1 is 1.48 bits per heavy atom. The van der Waals surface area contributed by atoms with E-state index in [-0.39, 0.29) is 17.6 Å². The predicted molar refractivity (Wildman–Crippen MR) is 76.6 cm³/mol. The number of likely N-dealkylation sites (tertiary alicyclic amines) is 1. The maximum atomic E-state index is 12.0. The topological polar surface area (TPSA) is 108 Å². The Morgan fingerprint density at radius 2 is 2.19 bits per heavy atom. The van der Waals surface area contributed by atoms with Crippen molar-refractivity contribution in [1.82, 2.24) is 10.2 Å². The molecule has 2 rings (SSSR count). The number of benzene rings is 1. The zero-order valence-electron chi connectivity index (χ0n) is 11.7. The number of imide groups is 1. The molecule has 1 aromatic carbocycles. The molecule has 0 bridgehead atoms. The van der Waals surface area contributed by atoms with Gasteiger partial charge in [0.25, 0.3) is 0 Å². The number of piperidine rings is 1. The zero-order valence-corrected chi connectivity index (χ0v) is 11.7. The van der Waals surface area contributed by atoms with Gasteiger partial charge < -0.3 is 16.3 Å². The molecule has 1 heterocycles. The van der Waals surface area contributed by atoms with E-state index in [1.165, 1.54) is 7.05 Å². The number of hydrogen-bond acceptors (Lipinski definition) is 5. The summed E-state index contributed by atoms with van der Waals surface area (Å²) >= 11 is 0. The maximum absolute atomic E-state index is 12.0. The lowest BCUT2D eigenvalue weighted by Crippen LogP contribution is -2.51. The van der Waals surface area contributed by atoms with E-state index in [2.05, 4.69) is 10.5 Å². The number of carbonyl (C=O) groups is 2. The third kappa shape index (κ3) is 3.19. The van der Waals surface area contributed by atoms with Crippen LogP contribution in [0.25, 0.3) is 0 Å². The van der Waals surface area contributed by atoms with Crippen LogP contribution in [-0.2, 0) is 16.1 Å². The summed E-state index contributed by atoms with van der Waals surface area (Å²) in [4.78, 5) is 24.6. The molecule has 1 unspecified atom stereocenters. The van der Waals surface area contributed by atoms with Crippen molar-refractivity contribution in [2.24, 2.45) is 10.9 Å². The highest BCUT2D eigenvalue weighted by molar-refractivity contribution is 6.00. The van der Waals surface area contributed by atoms with Crippen molar-refractivity contribution in [3.8, 4) is 0 Å². The molecule has 112 valence electrons. The Labute approximate surface area is 122 Å². The third-order valence-electron chi connectivity index (χ3n) is 3.59. The van der Waals surface area contributed by atoms with Crippen LogP contribution >= 0.6 is 0 Å². The molecule has 1 aromatic rings. The fraction of sp³-hybridized carbons (Fsp3) is 0.357. The molecule has 1 aliphatic rings. The van der Waals surface area contributed by atoms with Gasteiger partial charge in [0, 0.05) is 25.6 Å². The van der Waals surface area contributed by atoms with Crippen LogP contribution < -0.4 is 11.1 Å². The molecule has 2 amide bonds. The number of amidine groups is 1. The molecule has 1 atom stereocenters. The van der Waals surface area contributed by atoms with E-state index < -0.39 is 6.04 Å². The third-order valence-corrected chi connectivity index (χ3v) is 3.59. The van der Waals surface area contributed by atoms with Crippen LogP contribution in [-0.4, -0.2) is 40.8 Å². The summed E-state index contributed by atoms with van der Waals surface area (Å²) in [6.45, 7) is 0.394. The maximum Gasteiger partial charge on any atom is 0.246 e. The summed E-state index contributed by atoms with van der Waals surface area (Å²) in [7, 11) is 1.49. The Balaban J connectivity index is 2.07. The molecule has 21 heavy (non-hydrogen) atoms. The fourth-order valence-corrected chi connectivity index (χ4v) is 2.32. The van der Waals surface area contributed by atoms with Gasteiger partial charge in [-0.15, -0.1) is 0 Å². The fourth-order valence-electron chi connectivity index (χ4n) is 2.32. The molecule has 0 aromatic heterocycles. The van der Waals surface area contributed by atoms with Gasteiger partial charge in [0.05, 0.1) is 6.04 Å². The Bertz CT molecular complexity index is 585. The van der Waals surface area contributed by atoms with Gasteiger partial charge in [-0.3, -0.25) is 14.5 Å². The van der Waals surface area contributed by atoms with E-state index in [0.29, 0.717) is 24.9 Å². The van der Waals surface area contributed by atoms with Crippen LogP contribution in [0.3, 0.4) is 0 Å². The van der Waals surface area contributed by atoms with Crippen molar-refractivity contribution < 1.29 is 14.8 Å². The lowest BCUT2D eigenvalue weighted by atomic mass is 10.0. The largest absolute Gasteiger partial charge is 0.409 e. The zero-order chi connectivity index (χ0) is 15.4. The predicted octanol–water partition coefficient (Wildman–Crippen LogP) is 0.0181. The van der Waals surface area contributed by atoms with E-state index in [1.807, 2.05) is 12.1 Å². The number of likely N-dealkylation sites (N-methyl/N-ethyl adjacent to an activating group) is 1. The van der Waals surface area contributed by atoms with Gasteiger partial charge in [0.1, 0.15) is 0 Å². The monoisotopic (exact) mass is 290 g/mol. The number of amides is 2. The van der Waals surface area contributed by atoms with Crippen LogP contribution in [0.2, 0.25) is 0 Å². The van der Waals surface area contributed by atoms with E-state index in [0.717, 1.165) is 10.5 Å². The van der Waals surface area contributed by atoms with Crippen molar-refractivity contribution >= 4 is 17.6 Å². The highest BCUT2D eigenvalue weighted by Gasteiger charge is 2.31. The summed E-state index contributed by atoms with van der Waals surface area (Å²) in [6, 6.07) is 6.80. The molecule has 7 heteroatoms. The highest BCUT2D eigenvalue weighted by Crippen LogP contribution is 2.14. The molecule has 4 N–H and O–H groups in total. The molecular weight excluding hydrogens is 272 g/mol. The molecule has 0 radical (unpaired) electrons. The second-order valence-electron chi connectivity index (χ2n) is 4.91. The molecule has 0 aliphatic carbocycles. The lowest BCUT2D eigenvalue weighted by Gasteiger charge is -2.28. The number of carbonyl (C=O) groups excluding carboxylic acids is 2. The minimum absolute atomic E-state index is 0.0228. The first-order valence-electron chi connectivity index (χ1n) is 6.64. The van der Waals surface area contributed by atoms with Gasteiger partial charge in [-0.05, 0) is 12.0 Å². The van der Waals surface area contributed by atoms with E-state index in [1.54, 1.807) is 12.1 Å². The average Bonchev–Trinajstić information content (AvgIpc) is 2.51. The molecule has 1 fully saturated rings. The second kappa shape index (κ2) is 6.36. The second-order valence-corrected chi connectivity index (χ2v) is 4.91. The summed E-state index contributed by atoms with van der Waals surface area (Å²) in [6.07, 6.45) is 0.829.